The van der Waals surface area contributed by atoms with Crippen molar-refractivity contribution in [3.8, 4) is 0 Å². The predicted octanol–water partition coefficient (Wildman–Crippen LogP) is 2.88. The summed E-state index contributed by atoms with van der Waals surface area (Å²) >= 11 is 1.42. The SMILES string of the molecule is CC1(C)[C@H](C(=O)Nc2nnc(C3CCCCC3)s2)[C@@H]1C(=O)O. The number of amides is 1. The van der Waals surface area contributed by atoms with Crippen molar-refractivity contribution in [3.05, 3.63) is 5.01 Å². The van der Waals surface area contributed by atoms with Crippen LogP contribution in [0.25, 0.3) is 0 Å². The number of carbonyl (C=O) groups is 2. The van der Waals surface area contributed by atoms with Crippen molar-refractivity contribution in [1.29, 1.82) is 0 Å². The van der Waals surface area contributed by atoms with Gasteiger partial charge in [0.05, 0.1) is 11.8 Å². The molecule has 0 saturated heterocycles. The first-order chi connectivity index (χ1) is 10.4. The van der Waals surface area contributed by atoms with Crippen LogP contribution in [-0.2, 0) is 9.59 Å². The van der Waals surface area contributed by atoms with E-state index >= 15 is 0 Å². The van der Waals surface area contributed by atoms with Gasteiger partial charge in [0.2, 0.25) is 11.0 Å². The van der Waals surface area contributed by atoms with Crippen LogP contribution in [0.5, 0.6) is 0 Å². The molecule has 0 radical (unpaired) electrons. The Bertz CT molecular complexity index is 593. The number of carbonyl (C=O) groups excluding carboxylic acids is 1. The predicted molar refractivity (Wildman–Crippen MR) is 82.8 cm³/mol. The summed E-state index contributed by atoms with van der Waals surface area (Å²) in [5.74, 6) is -1.82. The Morgan fingerprint density at radius 3 is 2.45 bits per heavy atom. The quantitative estimate of drug-likeness (QED) is 0.889. The lowest BCUT2D eigenvalue weighted by molar-refractivity contribution is -0.140. The molecular formula is C15H21N3O3S. The normalized spacial score (nSPS) is 27.4. The molecule has 22 heavy (non-hydrogen) atoms. The number of carboxylic acid groups (broad SMARTS) is 1. The summed E-state index contributed by atoms with van der Waals surface area (Å²) in [6.45, 7) is 3.62. The summed E-state index contributed by atoms with van der Waals surface area (Å²) in [5, 5.41) is 21.6. The molecule has 2 saturated carbocycles. The average Bonchev–Trinajstić information content (AvgIpc) is 2.82. The number of aromatic nitrogens is 2. The molecule has 2 atom stereocenters. The molecule has 1 aromatic heterocycles. The van der Waals surface area contributed by atoms with Crippen LogP contribution in [0.2, 0.25) is 0 Å². The fourth-order valence-corrected chi connectivity index (χ4v) is 4.49. The lowest BCUT2D eigenvalue weighted by atomic mass is 9.90. The van der Waals surface area contributed by atoms with Crippen molar-refractivity contribution in [1.82, 2.24) is 10.2 Å². The minimum atomic E-state index is -0.912. The second kappa shape index (κ2) is 5.61. The van der Waals surface area contributed by atoms with E-state index in [-0.39, 0.29) is 5.91 Å². The molecule has 0 spiro atoms. The number of hydrogen-bond donors (Lipinski definition) is 2. The molecule has 0 aliphatic heterocycles. The van der Waals surface area contributed by atoms with Gasteiger partial charge >= 0.3 is 5.97 Å². The Hall–Kier alpha value is -1.50. The summed E-state index contributed by atoms with van der Waals surface area (Å²) in [6.07, 6.45) is 6.01. The highest BCUT2D eigenvalue weighted by Crippen LogP contribution is 2.58. The molecule has 2 aliphatic carbocycles. The number of carboxylic acids is 1. The fraction of sp³-hybridized carbons (Fsp3) is 0.733. The van der Waals surface area contributed by atoms with E-state index in [2.05, 4.69) is 15.5 Å². The van der Waals surface area contributed by atoms with Crippen molar-refractivity contribution >= 4 is 28.3 Å². The van der Waals surface area contributed by atoms with Gasteiger partial charge in [-0.2, -0.15) is 0 Å². The van der Waals surface area contributed by atoms with E-state index in [4.69, 9.17) is 5.11 Å². The molecule has 7 heteroatoms. The standard InChI is InChI=1S/C15H21N3O3S/c1-15(2)9(10(15)13(20)21)11(19)16-14-18-17-12(22-14)8-6-4-3-5-7-8/h8-10H,3-7H2,1-2H3,(H,20,21)(H,16,18,19)/t9-,10+/m0/s1. The summed E-state index contributed by atoms with van der Waals surface area (Å²) in [5.41, 5.74) is -0.493. The van der Waals surface area contributed by atoms with Crippen molar-refractivity contribution in [2.75, 3.05) is 5.32 Å². The van der Waals surface area contributed by atoms with E-state index < -0.39 is 23.2 Å². The first-order valence-electron chi connectivity index (χ1n) is 7.78. The monoisotopic (exact) mass is 323 g/mol. The highest BCUT2D eigenvalue weighted by Gasteiger charge is 2.66. The maximum absolute atomic E-state index is 12.3. The Labute approximate surface area is 133 Å². The highest BCUT2D eigenvalue weighted by atomic mass is 32.1. The molecule has 0 aromatic carbocycles. The van der Waals surface area contributed by atoms with Gasteiger partial charge in [-0.1, -0.05) is 44.4 Å². The van der Waals surface area contributed by atoms with Gasteiger partial charge in [0, 0.05) is 5.92 Å². The molecule has 2 N–H and O–H groups in total. The number of nitrogens with zero attached hydrogens (tertiary/aromatic N) is 2. The van der Waals surface area contributed by atoms with E-state index in [1.807, 2.05) is 13.8 Å². The Balaban J connectivity index is 1.63. The molecule has 6 nitrogen and oxygen atoms in total. The zero-order valence-corrected chi connectivity index (χ0v) is 13.7. The Kier molecular flexibility index (Phi) is 3.92. The minimum Gasteiger partial charge on any atom is -0.481 e. The lowest BCUT2D eigenvalue weighted by Gasteiger charge is -2.18. The van der Waals surface area contributed by atoms with Crippen molar-refractivity contribution in [2.45, 2.75) is 51.9 Å². The van der Waals surface area contributed by atoms with Gasteiger partial charge in [-0.15, -0.1) is 10.2 Å². The minimum absolute atomic E-state index is 0.260. The van der Waals surface area contributed by atoms with Gasteiger partial charge in [0.1, 0.15) is 5.01 Å². The molecule has 2 aliphatic rings. The van der Waals surface area contributed by atoms with Gasteiger partial charge in [-0.3, -0.25) is 9.59 Å². The maximum atomic E-state index is 12.3. The van der Waals surface area contributed by atoms with E-state index in [1.54, 1.807) is 0 Å². The molecule has 1 aromatic rings. The number of anilines is 1. The largest absolute Gasteiger partial charge is 0.481 e. The third-order valence-corrected chi connectivity index (χ3v) is 6.00. The van der Waals surface area contributed by atoms with Gasteiger partial charge in [-0.25, -0.2) is 0 Å². The van der Waals surface area contributed by atoms with E-state index in [0.717, 1.165) is 17.8 Å². The molecule has 2 fully saturated rings. The van der Waals surface area contributed by atoms with E-state index in [9.17, 15) is 9.59 Å². The van der Waals surface area contributed by atoms with Crippen LogP contribution in [0.3, 0.4) is 0 Å². The topological polar surface area (TPSA) is 92.2 Å². The number of nitrogens with one attached hydrogen (secondary N) is 1. The zero-order chi connectivity index (χ0) is 15.9. The number of hydrogen-bond acceptors (Lipinski definition) is 5. The van der Waals surface area contributed by atoms with Crippen LogP contribution in [0.1, 0.15) is 56.9 Å². The first kappa shape index (κ1) is 15.4. The Morgan fingerprint density at radius 2 is 1.86 bits per heavy atom. The maximum Gasteiger partial charge on any atom is 0.307 e. The van der Waals surface area contributed by atoms with Gasteiger partial charge in [-0.05, 0) is 18.3 Å². The number of rotatable bonds is 4. The van der Waals surface area contributed by atoms with E-state index in [1.165, 1.54) is 30.6 Å². The van der Waals surface area contributed by atoms with Gasteiger partial charge < -0.3 is 10.4 Å². The molecule has 0 unspecified atom stereocenters. The van der Waals surface area contributed by atoms with Crippen LogP contribution in [0.15, 0.2) is 0 Å². The molecular weight excluding hydrogens is 302 g/mol. The first-order valence-corrected chi connectivity index (χ1v) is 8.60. The molecule has 0 bridgehead atoms. The molecule has 120 valence electrons. The Morgan fingerprint density at radius 1 is 1.18 bits per heavy atom. The van der Waals surface area contributed by atoms with Crippen LogP contribution in [-0.4, -0.2) is 27.2 Å². The van der Waals surface area contributed by atoms with Crippen molar-refractivity contribution in [2.24, 2.45) is 17.3 Å². The van der Waals surface area contributed by atoms with Gasteiger partial charge in [0.25, 0.3) is 0 Å². The van der Waals surface area contributed by atoms with Crippen molar-refractivity contribution in [3.63, 3.8) is 0 Å². The van der Waals surface area contributed by atoms with Crippen LogP contribution >= 0.6 is 11.3 Å². The second-order valence-electron chi connectivity index (χ2n) is 6.88. The summed E-state index contributed by atoms with van der Waals surface area (Å²) in [4.78, 5) is 23.4. The summed E-state index contributed by atoms with van der Waals surface area (Å²) < 4.78 is 0. The third kappa shape index (κ3) is 2.74. The van der Waals surface area contributed by atoms with Crippen molar-refractivity contribution < 1.29 is 14.7 Å². The smallest absolute Gasteiger partial charge is 0.307 e. The third-order valence-electron chi connectivity index (χ3n) is 5.00. The highest BCUT2D eigenvalue weighted by molar-refractivity contribution is 7.15. The second-order valence-corrected chi connectivity index (χ2v) is 7.89. The zero-order valence-electron chi connectivity index (χ0n) is 12.8. The lowest BCUT2D eigenvalue weighted by Crippen LogP contribution is -2.17. The van der Waals surface area contributed by atoms with Crippen LogP contribution in [0.4, 0.5) is 5.13 Å². The summed E-state index contributed by atoms with van der Waals surface area (Å²) in [6, 6.07) is 0. The van der Waals surface area contributed by atoms with Crippen LogP contribution in [0, 0.1) is 17.3 Å². The molecule has 3 rings (SSSR count). The number of aliphatic carboxylic acids is 1. The molecule has 1 heterocycles. The van der Waals surface area contributed by atoms with E-state index in [0.29, 0.717) is 11.0 Å². The average molecular weight is 323 g/mol. The van der Waals surface area contributed by atoms with Crippen LogP contribution < -0.4 is 5.32 Å². The fourth-order valence-electron chi connectivity index (χ4n) is 3.57. The molecule has 1 amide bonds. The summed E-state index contributed by atoms with van der Waals surface area (Å²) in [7, 11) is 0. The van der Waals surface area contributed by atoms with Gasteiger partial charge in [0.15, 0.2) is 0 Å².